The number of rotatable bonds is 5. The number of Topliss-reactive ketones (excluding diaryl/α,β-unsaturated/α-hetero) is 1. The van der Waals surface area contributed by atoms with Crippen LogP contribution in [0.1, 0.15) is 33.3 Å². The van der Waals surface area contributed by atoms with E-state index in [1.165, 1.54) is 30.5 Å². The first-order valence-corrected chi connectivity index (χ1v) is 11.1. The third-order valence-electron chi connectivity index (χ3n) is 5.72. The van der Waals surface area contributed by atoms with Crippen LogP contribution in [-0.4, -0.2) is 36.0 Å². The molecule has 0 saturated carbocycles. The maximum atomic E-state index is 13.2. The lowest BCUT2D eigenvalue weighted by Crippen LogP contribution is -2.29. The van der Waals surface area contributed by atoms with Gasteiger partial charge in [0, 0.05) is 10.4 Å². The number of benzene rings is 2. The van der Waals surface area contributed by atoms with Crippen molar-refractivity contribution in [2.45, 2.75) is 26.8 Å². The van der Waals surface area contributed by atoms with Gasteiger partial charge in [0.25, 0.3) is 5.78 Å². The van der Waals surface area contributed by atoms with Gasteiger partial charge in [-0.3, -0.25) is 14.5 Å². The smallest absolute Gasteiger partial charge is 0.301 e. The second-order valence-corrected chi connectivity index (χ2v) is 8.97. The molecule has 170 valence electrons. The molecule has 4 rings (SSSR count). The Hall–Kier alpha value is -3.65. The number of methoxy groups -OCH3 is 2. The van der Waals surface area contributed by atoms with E-state index in [4.69, 9.17) is 9.47 Å². The van der Waals surface area contributed by atoms with Gasteiger partial charge in [-0.1, -0.05) is 35.9 Å². The first-order chi connectivity index (χ1) is 15.8. The number of aryl methyl sites for hydroxylation is 3. The van der Waals surface area contributed by atoms with Crippen LogP contribution in [-0.2, 0) is 9.59 Å². The first kappa shape index (κ1) is 22.5. The summed E-state index contributed by atoms with van der Waals surface area (Å²) in [5.74, 6) is -0.781. The summed E-state index contributed by atoms with van der Waals surface area (Å²) in [7, 11) is 3.04. The highest BCUT2D eigenvalue weighted by Gasteiger charge is 2.48. The summed E-state index contributed by atoms with van der Waals surface area (Å²) >= 11 is 1.33. The number of hydrogen-bond acceptors (Lipinski definition) is 7. The standard InChI is InChI=1S/C25H24N2O5S/c1-13-6-8-16(9-7-13)22(28)20-21(17-10-11-18(31-4)19(12-17)32-5)27(24(30)23(20)29)25-26-14(2)15(3)33-25/h6-12,21,28H,1-5H3/t21-/m1/s1. The van der Waals surface area contributed by atoms with Gasteiger partial charge < -0.3 is 14.6 Å². The summed E-state index contributed by atoms with van der Waals surface area (Å²) in [5.41, 5.74) is 2.84. The number of carbonyl (C=O) groups is 2. The minimum absolute atomic E-state index is 0.00146. The Morgan fingerprint density at radius 1 is 1.00 bits per heavy atom. The quantitative estimate of drug-likeness (QED) is 0.334. The first-order valence-electron chi connectivity index (χ1n) is 10.3. The van der Waals surface area contributed by atoms with Gasteiger partial charge in [0.05, 0.1) is 31.5 Å². The van der Waals surface area contributed by atoms with Gasteiger partial charge >= 0.3 is 5.91 Å². The van der Waals surface area contributed by atoms with Crippen LogP contribution >= 0.6 is 11.3 Å². The van der Waals surface area contributed by atoms with Crippen molar-refractivity contribution in [2.24, 2.45) is 0 Å². The highest BCUT2D eigenvalue weighted by Crippen LogP contribution is 2.45. The fourth-order valence-corrected chi connectivity index (χ4v) is 4.73. The topological polar surface area (TPSA) is 89.0 Å². The van der Waals surface area contributed by atoms with Gasteiger partial charge in [0.15, 0.2) is 16.6 Å². The average Bonchev–Trinajstić information content (AvgIpc) is 3.28. The van der Waals surface area contributed by atoms with Crippen molar-refractivity contribution in [3.63, 3.8) is 0 Å². The number of aliphatic hydroxyl groups excluding tert-OH is 1. The molecule has 0 radical (unpaired) electrons. The van der Waals surface area contributed by atoms with Gasteiger partial charge in [0.2, 0.25) is 0 Å². The molecule has 1 aromatic heterocycles. The molecular formula is C25H24N2O5S. The van der Waals surface area contributed by atoms with E-state index >= 15 is 0 Å². The van der Waals surface area contributed by atoms with Crippen molar-refractivity contribution in [3.05, 3.63) is 75.3 Å². The van der Waals surface area contributed by atoms with Crippen LogP contribution in [0.15, 0.2) is 48.0 Å². The zero-order valence-electron chi connectivity index (χ0n) is 19.0. The van der Waals surface area contributed by atoms with E-state index in [0.29, 0.717) is 27.8 Å². The number of aromatic nitrogens is 1. The van der Waals surface area contributed by atoms with Gasteiger partial charge in [-0.15, -0.1) is 11.3 Å². The van der Waals surface area contributed by atoms with Crippen molar-refractivity contribution in [1.29, 1.82) is 0 Å². The van der Waals surface area contributed by atoms with Gasteiger partial charge in [-0.25, -0.2) is 4.98 Å². The zero-order valence-corrected chi connectivity index (χ0v) is 19.8. The van der Waals surface area contributed by atoms with Crippen molar-refractivity contribution >= 4 is 33.9 Å². The van der Waals surface area contributed by atoms with Crippen LogP contribution in [0.25, 0.3) is 5.76 Å². The summed E-state index contributed by atoms with van der Waals surface area (Å²) < 4.78 is 10.8. The Morgan fingerprint density at radius 2 is 1.67 bits per heavy atom. The van der Waals surface area contributed by atoms with Gasteiger partial charge in [0.1, 0.15) is 5.76 Å². The average molecular weight is 465 g/mol. The lowest BCUT2D eigenvalue weighted by Gasteiger charge is -2.23. The maximum Gasteiger partial charge on any atom is 0.301 e. The summed E-state index contributed by atoms with van der Waals surface area (Å²) in [6.45, 7) is 5.69. The monoisotopic (exact) mass is 464 g/mol. The maximum absolute atomic E-state index is 13.2. The van der Waals surface area contributed by atoms with Crippen molar-refractivity contribution in [3.8, 4) is 11.5 Å². The Bertz CT molecular complexity index is 1260. The number of amides is 1. The molecule has 0 aliphatic carbocycles. The van der Waals surface area contributed by atoms with Crippen LogP contribution in [0.2, 0.25) is 0 Å². The largest absolute Gasteiger partial charge is 0.507 e. The highest BCUT2D eigenvalue weighted by molar-refractivity contribution is 7.16. The number of hydrogen-bond donors (Lipinski definition) is 1. The van der Waals surface area contributed by atoms with Crippen molar-refractivity contribution < 1.29 is 24.2 Å². The summed E-state index contributed by atoms with van der Waals surface area (Å²) in [4.78, 5) is 33.3. The second-order valence-electron chi connectivity index (χ2n) is 7.79. The summed E-state index contributed by atoms with van der Waals surface area (Å²) in [6.07, 6.45) is 0. The number of carbonyl (C=O) groups excluding carboxylic acids is 2. The van der Waals surface area contributed by atoms with Crippen LogP contribution in [0, 0.1) is 20.8 Å². The Labute approximate surface area is 195 Å². The van der Waals surface area contributed by atoms with Gasteiger partial charge in [-0.2, -0.15) is 0 Å². The van der Waals surface area contributed by atoms with E-state index < -0.39 is 17.7 Å². The molecule has 0 bridgehead atoms. The molecule has 1 fully saturated rings. The number of ether oxygens (including phenoxy) is 2. The minimum atomic E-state index is -0.879. The minimum Gasteiger partial charge on any atom is -0.507 e. The van der Waals surface area contributed by atoms with Crippen LogP contribution in [0.4, 0.5) is 5.13 Å². The normalized spacial score (nSPS) is 17.5. The molecule has 2 heterocycles. The van der Waals surface area contributed by atoms with E-state index in [1.54, 1.807) is 30.3 Å². The summed E-state index contributed by atoms with van der Waals surface area (Å²) in [5, 5.41) is 11.6. The van der Waals surface area contributed by atoms with E-state index in [-0.39, 0.29) is 11.3 Å². The lowest BCUT2D eigenvalue weighted by atomic mass is 9.95. The number of aliphatic hydroxyl groups is 1. The molecule has 2 aromatic carbocycles. The van der Waals surface area contributed by atoms with Crippen molar-refractivity contribution in [1.82, 2.24) is 4.98 Å². The highest BCUT2D eigenvalue weighted by atomic mass is 32.1. The predicted molar refractivity (Wildman–Crippen MR) is 127 cm³/mol. The molecule has 3 aromatic rings. The summed E-state index contributed by atoms with van der Waals surface area (Å²) in [6, 6.07) is 11.4. The van der Waals surface area contributed by atoms with Crippen LogP contribution in [0.3, 0.4) is 0 Å². The molecule has 1 N–H and O–H groups in total. The third-order valence-corrected chi connectivity index (χ3v) is 6.79. The Balaban J connectivity index is 1.97. The number of ketones is 1. The molecule has 0 spiro atoms. The van der Waals surface area contributed by atoms with E-state index in [0.717, 1.165) is 16.1 Å². The van der Waals surface area contributed by atoms with Crippen LogP contribution < -0.4 is 14.4 Å². The fourth-order valence-electron chi connectivity index (χ4n) is 3.79. The Kier molecular flexibility index (Phi) is 5.95. The molecule has 1 saturated heterocycles. The lowest BCUT2D eigenvalue weighted by molar-refractivity contribution is -0.132. The SMILES string of the molecule is COc1ccc([C@@H]2C(=C(O)c3ccc(C)cc3)C(=O)C(=O)N2c2nc(C)c(C)s2)cc1OC. The molecule has 8 heteroatoms. The molecule has 0 unspecified atom stereocenters. The van der Waals surface area contributed by atoms with Crippen LogP contribution in [0.5, 0.6) is 11.5 Å². The van der Waals surface area contributed by atoms with Crippen molar-refractivity contribution in [2.75, 3.05) is 19.1 Å². The third kappa shape index (κ3) is 3.87. The van der Waals surface area contributed by atoms with E-state index in [2.05, 4.69) is 4.98 Å². The fraction of sp³-hybridized carbons (Fsp3) is 0.240. The molecular weight excluding hydrogens is 440 g/mol. The zero-order chi connectivity index (χ0) is 23.9. The van der Waals surface area contributed by atoms with Gasteiger partial charge in [-0.05, 0) is 38.5 Å². The van der Waals surface area contributed by atoms with E-state index in [9.17, 15) is 14.7 Å². The molecule has 33 heavy (non-hydrogen) atoms. The number of thiazole rings is 1. The second kappa shape index (κ2) is 8.71. The number of nitrogens with zero attached hydrogens (tertiary/aromatic N) is 2. The van der Waals surface area contributed by atoms with E-state index in [1.807, 2.05) is 32.9 Å². The molecule has 1 aliphatic rings. The predicted octanol–water partition coefficient (Wildman–Crippen LogP) is 4.71. The Morgan fingerprint density at radius 3 is 2.24 bits per heavy atom. The molecule has 1 amide bonds. The molecule has 1 atom stereocenters. The molecule has 1 aliphatic heterocycles. The molecule has 7 nitrogen and oxygen atoms in total. The number of anilines is 1.